The highest BCUT2D eigenvalue weighted by atomic mass is 35.5. The molecule has 0 aliphatic carbocycles. The number of fused-ring (bicyclic) bond motifs is 1. The van der Waals surface area contributed by atoms with Crippen LogP contribution in [0.3, 0.4) is 0 Å². The third-order valence-corrected chi connectivity index (χ3v) is 5.81. The lowest BCUT2D eigenvalue weighted by Crippen LogP contribution is -2.39. The predicted octanol–water partition coefficient (Wildman–Crippen LogP) is 2.63. The van der Waals surface area contributed by atoms with Crippen molar-refractivity contribution in [3.63, 3.8) is 0 Å². The number of nitrogens with zero attached hydrogens (tertiary/aromatic N) is 4. The standard InChI is InChI=1S/C20H20ClN5O2/c1-11-13(10-23-26(11)3)19-16(8-17(27)25(19)2)24-20(28)18-14-9-22-7-6-12(14)4-5-15(18)21/h4-7,9-10,16,19H,8H2,1-3H3,(H,24,28)/t16-,19+/m0/s1. The fourth-order valence-electron chi connectivity index (χ4n) is 3.84. The normalized spacial score (nSPS) is 19.4. The van der Waals surface area contributed by atoms with Gasteiger partial charge in [-0.25, -0.2) is 0 Å². The van der Waals surface area contributed by atoms with Gasteiger partial charge in [-0.15, -0.1) is 0 Å². The third kappa shape index (κ3) is 2.92. The summed E-state index contributed by atoms with van der Waals surface area (Å²) in [7, 11) is 3.60. The first-order chi connectivity index (χ1) is 13.4. The maximum absolute atomic E-state index is 13.1. The first-order valence-corrected chi connectivity index (χ1v) is 9.33. The summed E-state index contributed by atoms with van der Waals surface area (Å²) in [6, 6.07) is 4.72. The van der Waals surface area contributed by atoms with E-state index in [1.54, 1.807) is 41.3 Å². The number of pyridine rings is 1. The van der Waals surface area contributed by atoms with Gasteiger partial charge in [0.15, 0.2) is 0 Å². The van der Waals surface area contributed by atoms with Crippen LogP contribution >= 0.6 is 11.6 Å². The van der Waals surface area contributed by atoms with E-state index in [0.717, 1.165) is 16.6 Å². The number of halogens is 1. The van der Waals surface area contributed by atoms with Crippen molar-refractivity contribution in [3.05, 3.63) is 58.6 Å². The molecule has 0 spiro atoms. The van der Waals surface area contributed by atoms with Crippen LogP contribution in [0.25, 0.3) is 10.8 Å². The van der Waals surface area contributed by atoms with E-state index in [9.17, 15) is 9.59 Å². The Morgan fingerprint density at radius 3 is 2.75 bits per heavy atom. The number of aryl methyl sites for hydroxylation is 1. The van der Waals surface area contributed by atoms with E-state index >= 15 is 0 Å². The van der Waals surface area contributed by atoms with Gasteiger partial charge in [-0.1, -0.05) is 17.7 Å². The smallest absolute Gasteiger partial charge is 0.253 e. The molecule has 2 atom stereocenters. The summed E-state index contributed by atoms with van der Waals surface area (Å²) in [5.74, 6) is -0.340. The summed E-state index contributed by atoms with van der Waals surface area (Å²) in [4.78, 5) is 31.3. The molecule has 1 fully saturated rings. The SMILES string of the molecule is Cc1c([C@@H]2[C@@H](NC(=O)c3c(Cl)ccc4ccncc34)CC(=O)N2C)cnn1C. The van der Waals surface area contributed by atoms with Crippen molar-refractivity contribution in [1.82, 2.24) is 25.0 Å². The molecule has 0 bridgehead atoms. The van der Waals surface area contributed by atoms with Gasteiger partial charge in [0.2, 0.25) is 5.91 Å². The minimum absolute atomic E-state index is 0.0239. The van der Waals surface area contributed by atoms with Gasteiger partial charge in [-0.2, -0.15) is 5.10 Å². The van der Waals surface area contributed by atoms with Crippen LogP contribution in [-0.2, 0) is 11.8 Å². The predicted molar refractivity (Wildman–Crippen MR) is 106 cm³/mol. The molecule has 8 heteroatoms. The van der Waals surface area contributed by atoms with Crippen LogP contribution in [0.1, 0.15) is 34.1 Å². The molecule has 1 N–H and O–H groups in total. The Morgan fingerprint density at radius 1 is 1.25 bits per heavy atom. The van der Waals surface area contributed by atoms with E-state index in [1.807, 2.05) is 26.1 Å². The summed E-state index contributed by atoms with van der Waals surface area (Å²) in [5, 5.41) is 9.22. The molecule has 0 unspecified atom stereocenters. The Labute approximate surface area is 167 Å². The highest BCUT2D eigenvalue weighted by molar-refractivity contribution is 6.35. The van der Waals surface area contributed by atoms with Gasteiger partial charge in [-0.05, 0) is 24.4 Å². The van der Waals surface area contributed by atoms with E-state index in [1.165, 1.54) is 0 Å². The summed E-state index contributed by atoms with van der Waals surface area (Å²) in [6.45, 7) is 1.95. The molecule has 1 aliphatic heterocycles. The molecular formula is C20H20ClN5O2. The van der Waals surface area contributed by atoms with Crippen LogP contribution in [0, 0.1) is 6.92 Å². The van der Waals surface area contributed by atoms with Crippen LogP contribution in [0.4, 0.5) is 0 Å². The number of nitrogens with one attached hydrogen (secondary N) is 1. The van der Waals surface area contributed by atoms with E-state index in [2.05, 4.69) is 15.4 Å². The average Bonchev–Trinajstić information content (AvgIpc) is 3.13. The molecule has 2 amide bonds. The Bertz CT molecular complexity index is 1090. The van der Waals surface area contributed by atoms with Crippen LogP contribution < -0.4 is 5.32 Å². The molecule has 1 aliphatic rings. The molecule has 4 rings (SSSR count). The minimum Gasteiger partial charge on any atom is -0.346 e. The summed E-state index contributed by atoms with van der Waals surface area (Å²) < 4.78 is 1.76. The lowest BCUT2D eigenvalue weighted by molar-refractivity contribution is -0.127. The zero-order valence-corrected chi connectivity index (χ0v) is 16.6. The molecule has 1 aromatic carbocycles. The molecule has 3 heterocycles. The first kappa shape index (κ1) is 18.4. The maximum atomic E-state index is 13.1. The van der Waals surface area contributed by atoms with Crippen LogP contribution in [-0.4, -0.2) is 44.6 Å². The van der Waals surface area contributed by atoms with Crippen molar-refractivity contribution < 1.29 is 9.59 Å². The van der Waals surface area contributed by atoms with Crippen molar-refractivity contribution in [1.29, 1.82) is 0 Å². The average molecular weight is 398 g/mol. The molecule has 3 aromatic rings. The second kappa shape index (κ2) is 6.91. The van der Waals surface area contributed by atoms with E-state index in [-0.39, 0.29) is 30.3 Å². The van der Waals surface area contributed by atoms with Gasteiger partial charge in [0.1, 0.15) is 0 Å². The number of likely N-dealkylation sites (N-methyl/N-ethyl adjacent to an activating group) is 1. The second-order valence-electron chi connectivity index (χ2n) is 7.06. The Hall–Kier alpha value is -2.93. The molecule has 2 aromatic heterocycles. The number of hydrogen-bond donors (Lipinski definition) is 1. The number of carbonyl (C=O) groups is 2. The largest absolute Gasteiger partial charge is 0.346 e. The maximum Gasteiger partial charge on any atom is 0.253 e. The van der Waals surface area contributed by atoms with Crippen molar-refractivity contribution in [2.75, 3.05) is 7.05 Å². The highest BCUT2D eigenvalue weighted by Crippen LogP contribution is 2.34. The topological polar surface area (TPSA) is 80.1 Å². The zero-order valence-electron chi connectivity index (χ0n) is 15.8. The van der Waals surface area contributed by atoms with Crippen LogP contribution in [0.2, 0.25) is 5.02 Å². The number of carbonyl (C=O) groups excluding carboxylic acids is 2. The molecule has 7 nitrogen and oxygen atoms in total. The first-order valence-electron chi connectivity index (χ1n) is 8.95. The number of amides is 2. The monoisotopic (exact) mass is 397 g/mol. The number of aromatic nitrogens is 3. The highest BCUT2D eigenvalue weighted by Gasteiger charge is 2.41. The van der Waals surface area contributed by atoms with Gasteiger partial charge in [-0.3, -0.25) is 19.3 Å². The van der Waals surface area contributed by atoms with Gasteiger partial charge >= 0.3 is 0 Å². The van der Waals surface area contributed by atoms with Crippen molar-refractivity contribution in [2.24, 2.45) is 7.05 Å². The Balaban J connectivity index is 1.70. The number of hydrogen-bond acceptors (Lipinski definition) is 4. The lowest BCUT2D eigenvalue weighted by Gasteiger charge is -2.25. The quantitative estimate of drug-likeness (QED) is 0.736. The number of benzene rings is 1. The van der Waals surface area contributed by atoms with Gasteiger partial charge in [0.05, 0.1) is 28.9 Å². The van der Waals surface area contributed by atoms with Crippen molar-refractivity contribution in [2.45, 2.75) is 25.4 Å². The van der Waals surface area contributed by atoms with Crippen molar-refractivity contribution in [3.8, 4) is 0 Å². The fourth-order valence-corrected chi connectivity index (χ4v) is 4.09. The molecule has 0 radical (unpaired) electrons. The summed E-state index contributed by atoms with van der Waals surface area (Å²) >= 11 is 6.34. The number of likely N-dealkylation sites (tertiary alicyclic amines) is 1. The summed E-state index contributed by atoms with van der Waals surface area (Å²) in [5.41, 5.74) is 2.25. The van der Waals surface area contributed by atoms with Gasteiger partial charge in [0, 0.05) is 49.6 Å². The zero-order chi connectivity index (χ0) is 20.0. The molecular weight excluding hydrogens is 378 g/mol. The van der Waals surface area contributed by atoms with Gasteiger partial charge in [0.25, 0.3) is 5.91 Å². The van der Waals surface area contributed by atoms with Crippen LogP contribution in [0.5, 0.6) is 0 Å². The van der Waals surface area contributed by atoms with Crippen LogP contribution in [0.15, 0.2) is 36.8 Å². The van der Waals surface area contributed by atoms with E-state index in [0.29, 0.717) is 16.0 Å². The van der Waals surface area contributed by atoms with Gasteiger partial charge < -0.3 is 10.2 Å². The second-order valence-corrected chi connectivity index (χ2v) is 7.47. The number of rotatable bonds is 3. The van der Waals surface area contributed by atoms with E-state index < -0.39 is 0 Å². The molecule has 144 valence electrons. The Morgan fingerprint density at radius 2 is 2.04 bits per heavy atom. The molecule has 28 heavy (non-hydrogen) atoms. The minimum atomic E-state index is -0.379. The fraction of sp³-hybridized carbons (Fsp3) is 0.300. The van der Waals surface area contributed by atoms with E-state index in [4.69, 9.17) is 11.6 Å². The lowest BCUT2D eigenvalue weighted by atomic mass is 9.99. The Kier molecular flexibility index (Phi) is 4.55. The molecule has 0 saturated carbocycles. The summed E-state index contributed by atoms with van der Waals surface area (Å²) in [6.07, 6.45) is 5.28. The third-order valence-electron chi connectivity index (χ3n) is 5.49. The van der Waals surface area contributed by atoms with Crippen molar-refractivity contribution >= 4 is 34.2 Å². The molecule has 1 saturated heterocycles.